The summed E-state index contributed by atoms with van der Waals surface area (Å²) >= 11 is 0. The molecule has 0 aliphatic heterocycles. The van der Waals surface area contributed by atoms with Gasteiger partial charge in [0.05, 0.1) is 6.42 Å². The molecule has 1 rings (SSSR count). The number of nitrogens with two attached hydrogens (primary N) is 2. The number of carboxylic acid groups (broad SMARTS) is 1. The number of hydrogen-bond donors (Lipinski definition) is 9. The lowest BCUT2D eigenvalue weighted by atomic mass is 9.72. The van der Waals surface area contributed by atoms with Crippen LogP contribution in [0.15, 0.2) is 24.3 Å². The van der Waals surface area contributed by atoms with E-state index in [1.807, 2.05) is 5.32 Å². The van der Waals surface area contributed by atoms with Crippen molar-refractivity contribution in [1.82, 2.24) is 21.3 Å². The van der Waals surface area contributed by atoms with Crippen molar-refractivity contribution in [2.45, 2.75) is 84.3 Å². The molecule has 0 aliphatic rings. The number of unbranched alkanes of at least 4 members (excludes halogenated alkanes) is 1. The Morgan fingerprint density at radius 2 is 1.22 bits per heavy atom. The van der Waals surface area contributed by atoms with Crippen LogP contribution in [-0.4, -0.2) is 103 Å². The first kappa shape index (κ1) is 44.7. The first-order chi connectivity index (χ1) is 23.2. The largest absolute Gasteiger partial charge is 0.481 e. The summed E-state index contributed by atoms with van der Waals surface area (Å²) in [4.78, 5) is 74.7. The summed E-state index contributed by atoms with van der Waals surface area (Å²) in [6, 6.07) is 0.539. The van der Waals surface area contributed by atoms with Gasteiger partial charge in [0.1, 0.15) is 29.6 Å². The zero-order chi connectivity index (χ0) is 39.4. The molecule has 0 heterocycles. The second-order valence-electron chi connectivity index (χ2n) is 13.8. The smallest absolute Gasteiger partial charge is 0.303 e. The molecule has 0 spiro atoms. The molecule has 0 aliphatic carbocycles. The molecule has 19 nitrogen and oxygen atoms in total. The number of aliphatic carboxylic acids is 1. The van der Waals surface area contributed by atoms with Crippen LogP contribution in [0.5, 0.6) is 0 Å². The molecule has 1 aromatic carbocycles. The zero-order valence-electron chi connectivity index (χ0n) is 28.8. The van der Waals surface area contributed by atoms with E-state index in [0.29, 0.717) is 17.7 Å². The highest BCUT2D eigenvalue weighted by molar-refractivity contribution is 7.86. The summed E-state index contributed by atoms with van der Waals surface area (Å²) in [5, 5.41) is 18.0. The molecule has 21 heteroatoms. The molecule has 0 saturated carbocycles. The van der Waals surface area contributed by atoms with Gasteiger partial charge in [-0.2, -0.15) is 16.8 Å². The van der Waals surface area contributed by atoms with E-state index in [1.165, 1.54) is 12.1 Å². The molecule has 3 atom stereocenters. The Bertz CT molecular complexity index is 1650. The average molecular weight is 765 g/mol. The molecule has 11 N–H and O–H groups in total. The number of primary amides is 1. The van der Waals surface area contributed by atoms with Gasteiger partial charge in [-0.15, -0.1) is 0 Å². The van der Waals surface area contributed by atoms with E-state index in [-0.39, 0.29) is 44.6 Å². The number of carbonyl (C=O) groups excluding carboxylic acids is 5. The van der Waals surface area contributed by atoms with Crippen LogP contribution >= 0.6 is 0 Å². The maximum Gasteiger partial charge on any atom is 0.303 e. The molecule has 0 fully saturated rings. The molecule has 288 valence electrons. The lowest BCUT2D eigenvalue weighted by molar-refractivity contribution is -0.139. The standard InChI is InChI=1S/C30H48N6O13S2/c1-29(2,17-30(3,4)14-24(38)39)13-23(37)34-21(15-50(44,45)46)27(42)36-22(16-51(47,48)49)28(43)35-20(25(32)40)7-5-6-12-33-26(41)18-8-10-19(31)11-9-18/h8-11,20-22H,5-7,12-17,31H2,1-4H3,(H2,32,40)(H,33,41)(H,34,37)(H,35,43)(H,36,42)(H,38,39)(H,44,45,46)(H,47,48,49)/t20-,21-,22-/m0/s1. The Morgan fingerprint density at radius 3 is 1.69 bits per heavy atom. The predicted molar refractivity (Wildman–Crippen MR) is 184 cm³/mol. The van der Waals surface area contributed by atoms with Gasteiger partial charge in [0, 0.05) is 24.2 Å². The van der Waals surface area contributed by atoms with E-state index in [1.54, 1.807) is 39.8 Å². The van der Waals surface area contributed by atoms with E-state index < -0.39 is 90.3 Å². The van der Waals surface area contributed by atoms with Crippen molar-refractivity contribution in [2.75, 3.05) is 23.8 Å². The Kier molecular flexibility index (Phi) is 16.4. The number of anilines is 1. The van der Waals surface area contributed by atoms with E-state index in [9.17, 15) is 54.7 Å². The fourth-order valence-electron chi connectivity index (χ4n) is 5.54. The second-order valence-corrected chi connectivity index (χ2v) is 16.8. The molecule has 5 amide bonds. The van der Waals surface area contributed by atoms with Gasteiger partial charge in [-0.05, 0) is 60.8 Å². The third-order valence-electron chi connectivity index (χ3n) is 7.30. The Morgan fingerprint density at radius 1 is 0.745 bits per heavy atom. The minimum atomic E-state index is -5.00. The van der Waals surface area contributed by atoms with E-state index >= 15 is 0 Å². The third kappa shape index (κ3) is 19.0. The van der Waals surface area contributed by atoms with Crippen LogP contribution in [0.1, 0.15) is 76.6 Å². The zero-order valence-corrected chi connectivity index (χ0v) is 30.4. The molecule has 1 aromatic rings. The number of benzene rings is 1. The lowest BCUT2D eigenvalue weighted by Gasteiger charge is -2.34. The average Bonchev–Trinajstić information content (AvgIpc) is 2.92. The normalized spacial score (nSPS) is 14.0. The minimum absolute atomic E-state index is 0.0914. The Labute approximate surface area is 296 Å². The number of nitrogen functional groups attached to an aromatic ring is 1. The second kappa shape index (κ2) is 18.8. The van der Waals surface area contributed by atoms with Gasteiger partial charge < -0.3 is 37.8 Å². The summed E-state index contributed by atoms with van der Waals surface area (Å²) < 4.78 is 65.8. The molecular weight excluding hydrogens is 716 g/mol. The summed E-state index contributed by atoms with van der Waals surface area (Å²) in [5.74, 6) is -8.99. The van der Waals surface area contributed by atoms with Gasteiger partial charge in [-0.1, -0.05) is 27.7 Å². The molecular formula is C30H48N6O13S2. The Hall–Kier alpha value is -4.34. The minimum Gasteiger partial charge on any atom is -0.481 e. The summed E-state index contributed by atoms with van der Waals surface area (Å²) in [6.45, 7) is 6.77. The first-order valence-corrected chi connectivity index (χ1v) is 18.9. The topological polar surface area (TPSA) is 332 Å². The summed E-state index contributed by atoms with van der Waals surface area (Å²) in [7, 11) is -9.96. The van der Waals surface area contributed by atoms with Gasteiger partial charge in [0.2, 0.25) is 23.6 Å². The number of hydrogen-bond acceptors (Lipinski definition) is 11. The molecule has 51 heavy (non-hydrogen) atoms. The van der Waals surface area contributed by atoms with E-state index in [2.05, 4.69) is 16.0 Å². The van der Waals surface area contributed by atoms with Crippen molar-refractivity contribution >= 4 is 61.4 Å². The SMILES string of the molecule is CC(C)(CC(=O)O)CC(C)(C)CC(=O)N[C@@H](CS(=O)(=O)O)C(=O)N[C@@H](CS(=O)(=O)O)C(=O)N[C@@H](CCCCNC(=O)c1ccc(N)cc1)C(N)=O. The van der Waals surface area contributed by atoms with Crippen LogP contribution in [0.2, 0.25) is 0 Å². The van der Waals surface area contributed by atoms with Crippen molar-refractivity contribution in [3.63, 3.8) is 0 Å². The van der Waals surface area contributed by atoms with Crippen LogP contribution in [0.4, 0.5) is 5.69 Å². The van der Waals surface area contributed by atoms with Gasteiger partial charge in [-0.25, -0.2) is 0 Å². The van der Waals surface area contributed by atoms with Crippen molar-refractivity contribution in [1.29, 1.82) is 0 Å². The number of nitrogens with one attached hydrogen (secondary N) is 4. The molecule has 0 aromatic heterocycles. The van der Waals surface area contributed by atoms with Gasteiger partial charge in [0.15, 0.2) is 0 Å². The van der Waals surface area contributed by atoms with Crippen LogP contribution in [-0.2, 0) is 44.2 Å². The maximum absolute atomic E-state index is 13.2. The highest BCUT2D eigenvalue weighted by Crippen LogP contribution is 2.38. The van der Waals surface area contributed by atoms with Crippen LogP contribution < -0.4 is 32.7 Å². The van der Waals surface area contributed by atoms with Crippen LogP contribution in [0.25, 0.3) is 0 Å². The van der Waals surface area contributed by atoms with Crippen molar-refractivity contribution in [3.05, 3.63) is 29.8 Å². The first-order valence-electron chi connectivity index (χ1n) is 15.6. The Balaban J connectivity index is 3.01. The lowest BCUT2D eigenvalue weighted by Crippen LogP contribution is -2.59. The number of rotatable bonds is 22. The highest BCUT2D eigenvalue weighted by atomic mass is 32.2. The summed E-state index contributed by atoms with van der Waals surface area (Å²) in [6.07, 6.45) is 0.0966. The van der Waals surface area contributed by atoms with Crippen molar-refractivity contribution in [3.8, 4) is 0 Å². The number of carboxylic acids is 1. The maximum atomic E-state index is 13.2. The van der Waals surface area contributed by atoms with Gasteiger partial charge in [0.25, 0.3) is 26.1 Å². The third-order valence-corrected chi connectivity index (χ3v) is 8.81. The predicted octanol–water partition coefficient (Wildman–Crippen LogP) is -0.808. The fourth-order valence-corrected chi connectivity index (χ4v) is 6.85. The fraction of sp³-hybridized carbons (Fsp3) is 0.600. The van der Waals surface area contributed by atoms with Crippen molar-refractivity contribution < 1.29 is 59.8 Å². The number of carbonyl (C=O) groups is 6. The van der Waals surface area contributed by atoms with Crippen LogP contribution in [0.3, 0.4) is 0 Å². The quantitative estimate of drug-likeness (QED) is 0.0396. The molecule has 0 radical (unpaired) electrons. The molecule has 0 unspecified atom stereocenters. The highest BCUT2D eigenvalue weighted by Gasteiger charge is 2.36. The molecule has 0 saturated heterocycles. The monoisotopic (exact) mass is 764 g/mol. The van der Waals surface area contributed by atoms with Crippen molar-refractivity contribution in [2.24, 2.45) is 16.6 Å². The van der Waals surface area contributed by atoms with Gasteiger partial charge in [-0.3, -0.25) is 37.9 Å². The number of amides is 5. The van der Waals surface area contributed by atoms with Gasteiger partial charge >= 0.3 is 5.97 Å². The van der Waals surface area contributed by atoms with E-state index in [4.69, 9.17) is 16.6 Å². The van der Waals surface area contributed by atoms with Crippen LogP contribution in [0, 0.1) is 10.8 Å². The molecule has 0 bridgehead atoms. The van der Waals surface area contributed by atoms with E-state index in [0.717, 1.165) is 0 Å². The summed E-state index contributed by atoms with van der Waals surface area (Å²) in [5.41, 5.74) is 10.2.